The van der Waals surface area contributed by atoms with Crippen LogP contribution in [0, 0.1) is 5.92 Å². The second-order valence-corrected chi connectivity index (χ2v) is 4.77. The van der Waals surface area contributed by atoms with Crippen LogP contribution < -0.4 is 16.4 Å². The highest BCUT2D eigenvalue weighted by atomic mass is 16.4. The Morgan fingerprint density at radius 2 is 2.11 bits per heavy atom. The number of carbonyl (C=O) groups excluding carboxylic acids is 1. The molecule has 1 atom stereocenters. The molecule has 1 aromatic carbocycles. The summed E-state index contributed by atoms with van der Waals surface area (Å²) in [7, 11) is 0. The summed E-state index contributed by atoms with van der Waals surface area (Å²) in [6, 6.07) is 4.78. The summed E-state index contributed by atoms with van der Waals surface area (Å²) in [5, 5.41) is 9.22. The summed E-state index contributed by atoms with van der Waals surface area (Å²) in [5.41, 5.74) is 12.1. The fourth-order valence-corrected chi connectivity index (χ4v) is 2.43. The van der Waals surface area contributed by atoms with E-state index in [1.165, 1.54) is 6.07 Å². The normalized spacial score (nSPS) is 19.2. The number of carboxylic acid groups (broad SMARTS) is 1. The average Bonchev–Trinajstić information content (AvgIpc) is 2.38. The third-order valence-corrected chi connectivity index (χ3v) is 3.42. The molecule has 6 nitrogen and oxygen atoms in total. The molecule has 1 aliphatic rings. The quantitative estimate of drug-likeness (QED) is 0.694. The van der Waals surface area contributed by atoms with Crippen LogP contribution in [0.3, 0.4) is 0 Å². The molecule has 0 aromatic heterocycles. The minimum atomic E-state index is -1.02. The van der Waals surface area contributed by atoms with Crippen molar-refractivity contribution in [2.75, 3.05) is 23.7 Å². The molecule has 1 unspecified atom stereocenters. The zero-order valence-electron chi connectivity index (χ0n) is 10.5. The van der Waals surface area contributed by atoms with Crippen molar-refractivity contribution in [2.24, 2.45) is 11.7 Å². The molecule has 1 aliphatic heterocycles. The number of anilines is 2. The number of piperidine rings is 1. The van der Waals surface area contributed by atoms with Gasteiger partial charge in [-0.25, -0.2) is 4.79 Å². The molecule has 0 spiro atoms. The van der Waals surface area contributed by atoms with Crippen LogP contribution in [-0.4, -0.2) is 30.1 Å². The van der Waals surface area contributed by atoms with Gasteiger partial charge in [0.2, 0.25) is 5.91 Å². The monoisotopic (exact) mass is 263 g/mol. The molecule has 1 amide bonds. The van der Waals surface area contributed by atoms with E-state index in [1.54, 1.807) is 12.1 Å². The number of carbonyl (C=O) groups is 2. The third kappa shape index (κ3) is 2.78. The highest BCUT2D eigenvalue weighted by Crippen LogP contribution is 2.28. The number of benzene rings is 1. The van der Waals surface area contributed by atoms with Gasteiger partial charge < -0.3 is 21.5 Å². The molecule has 0 aliphatic carbocycles. The lowest BCUT2D eigenvalue weighted by molar-refractivity contribution is -0.122. The maximum Gasteiger partial charge on any atom is 0.337 e. The van der Waals surface area contributed by atoms with Crippen molar-refractivity contribution >= 4 is 23.3 Å². The van der Waals surface area contributed by atoms with Gasteiger partial charge in [-0.05, 0) is 31.0 Å². The Morgan fingerprint density at radius 3 is 2.74 bits per heavy atom. The number of nitrogens with zero attached hydrogens (tertiary/aromatic N) is 1. The molecule has 1 fully saturated rings. The summed E-state index contributed by atoms with van der Waals surface area (Å²) in [4.78, 5) is 24.4. The van der Waals surface area contributed by atoms with Crippen LogP contribution in [0.25, 0.3) is 0 Å². The van der Waals surface area contributed by atoms with Crippen molar-refractivity contribution in [2.45, 2.75) is 12.8 Å². The van der Waals surface area contributed by atoms with E-state index in [4.69, 9.17) is 11.5 Å². The highest BCUT2D eigenvalue weighted by molar-refractivity contribution is 5.95. The Hall–Kier alpha value is -2.24. The Kier molecular flexibility index (Phi) is 3.59. The van der Waals surface area contributed by atoms with Crippen molar-refractivity contribution in [1.29, 1.82) is 0 Å². The van der Waals surface area contributed by atoms with Crippen LogP contribution in [0.5, 0.6) is 0 Å². The van der Waals surface area contributed by atoms with E-state index in [-0.39, 0.29) is 17.4 Å². The lowest BCUT2D eigenvalue weighted by Crippen LogP contribution is -2.41. The predicted octanol–water partition coefficient (Wildman–Crippen LogP) is 0.669. The first-order valence-corrected chi connectivity index (χ1v) is 6.16. The summed E-state index contributed by atoms with van der Waals surface area (Å²) in [6.07, 6.45) is 1.57. The summed E-state index contributed by atoms with van der Waals surface area (Å²) in [5.74, 6) is -1.59. The zero-order valence-corrected chi connectivity index (χ0v) is 10.5. The van der Waals surface area contributed by atoms with E-state index in [1.807, 2.05) is 4.90 Å². The minimum Gasteiger partial charge on any atom is -0.478 e. The Morgan fingerprint density at radius 1 is 1.37 bits per heavy atom. The van der Waals surface area contributed by atoms with Crippen LogP contribution in [0.1, 0.15) is 23.2 Å². The number of aromatic carboxylic acids is 1. The Labute approximate surface area is 111 Å². The smallest absolute Gasteiger partial charge is 0.337 e. The van der Waals surface area contributed by atoms with Gasteiger partial charge in [0, 0.05) is 18.8 Å². The lowest BCUT2D eigenvalue weighted by Gasteiger charge is -2.33. The summed E-state index contributed by atoms with van der Waals surface area (Å²) in [6.45, 7) is 1.17. The first kappa shape index (κ1) is 13.2. The topological polar surface area (TPSA) is 110 Å². The van der Waals surface area contributed by atoms with Gasteiger partial charge in [-0.3, -0.25) is 4.79 Å². The Balaban J connectivity index is 2.30. The molecule has 5 N–H and O–H groups in total. The van der Waals surface area contributed by atoms with Crippen molar-refractivity contribution in [3.05, 3.63) is 23.8 Å². The van der Waals surface area contributed by atoms with Crippen molar-refractivity contribution in [1.82, 2.24) is 0 Å². The maximum absolute atomic E-state index is 11.3. The van der Waals surface area contributed by atoms with Crippen molar-refractivity contribution in [3.8, 4) is 0 Å². The molecule has 102 valence electrons. The van der Waals surface area contributed by atoms with E-state index in [0.29, 0.717) is 24.5 Å². The van der Waals surface area contributed by atoms with E-state index in [2.05, 4.69) is 0 Å². The second-order valence-electron chi connectivity index (χ2n) is 4.77. The molecule has 1 heterocycles. The van der Waals surface area contributed by atoms with Crippen LogP contribution in [0.2, 0.25) is 0 Å². The molecule has 1 aromatic rings. The lowest BCUT2D eigenvalue weighted by atomic mass is 9.96. The third-order valence-electron chi connectivity index (χ3n) is 3.42. The first-order valence-electron chi connectivity index (χ1n) is 6.16. The molecule has 6 heteroatoms. The van der Waals surface area contributed by atoms with Crippen LogP contribution in [0.15, 0.2) is 18.2 Å². The molecule has 0 radical (unpaired) electrons. The molecular formula is C13H17N3O3. The van der Waals surface area contributed by atoms with Gasteiger partial charge in [-0.15, -0.1) is 0 Å². The number of hydrogen-bond acceptors (Lipinski definition) is 4. The molecule has 0 saturated carbocycles. The van der Waals surface area contributed by atoms with Crippen molar-refractivity contribution < 1.29 is 14.7 Å². The van der Waals surface area contributed by atoms with Crippen LogP contribution in [0.4, 0.5) is 11.4 Å². The number of nitrogen functional groups attached to an aromatic ring is 1. The van der Waals surface area contributed by atoms with Gasteiger partial charge in [-0.1, -0.05) is 0 Å². The summed E-state index contributed by atoms with van der Waals surface area (Å²) < 4.78 is 0. The number of nitrogens with two attached hydrogens (primary N) is 2. The number of rotatable bonds is 3. The zero-order chi connectivity index (χ0) is 14.0. The standard InChI is InChI=1S/C13H17N3O3/c14-9-3-4-11(10(6-9)13(18)19)16-5-1-2-8(7-16)12(15)17/h3-4,6,8H,1-2,5,7,14H2,(H2,15,17)(H,18,19). The van der Waals surface area contributed by atoms with Crippen LogP contribution >= 0.6 is 0 Å². The fraction of sp³-hybridized carbons (Fsp3) is 0.385. The average molecular weight is 263 g/mol. The highest BCUT2D eigenvalue weighted by Gasteiger charge is 2.26. The second kappa shape index (κ2) is 5.17. The maximum atomic E-state index is 11.3. The molecule has 2 rings (SSSR count). The predicted molar refractivity (Wildman–Crippen MR) is 71.9 cm³/mol. The first-order chi connectivity index (χ1) is 8.99. The molecule has 0 bridgehead atoms. The van der Waals surface area contributed by atoms with Crippen LogP contribution in [-0.2, 0) is 4.79 Å². The largest absolute Gasteiger partial charge is 0.478 e. The number of hydrogen-bond donors (Lipinski definition) is 3. The summed E-state index contributed by atoms with van der Waals surface area (Å²) >= 11 is 0. The van der Waals surface area contributed by atoms with Crippen molar-refractivity contribution in [3.63, 3.8) is 0 Å². The number of primary amides is 1. The van der Waals surface area contributed by atoms with Gasteiger partial charge in [-0.2, -0.15) is 0 Å². The minimum absolute atomic E-state index is 0.158. The number of amides is 1. The van der Waals surface area contributed by atoms with Gasteiger partial charge in [0.15, 0.2) is 0 Å². The van der Waals surface area contributed by atoms with E-state index < -0.39 is 5.97 Å². The number of carboxylic acids is 1. The van der Waals surface area contributed by atoms with Gasteiger partial charge in [0.25, 0.3) is 0 Å². The SMILES string of the molecule is NC(=O)C1CCCN(c2ccc(N)cc2C(=O)O)C1. The van der Waals surface area contributed by atoms with E-state index >= 15 is 0 Å². The van der Waals surface area contributed by atoms with E-state index in [0.717, 1.165) is 12.8 Å². The van der Waals surface area contributed by atoms with Gasteiger partial charge in [0.1, 0.15) is 0 Å². The Bertz CT molecular complexity index is 516. The molecular weight excluding hydrogens is 246 g/mol. The van der Waals surface area contributed by atoms with Gasteiger partial charge >= 0.3 is 5.97 Å². The van der Waals surface area contributed by atoms with Gasteiger partial charge in [0.05, 0.1) is 17.2 Å². The molecule has 1 saturated heterocycles. The fourth-order valence-electron chi connectivity index (χ4n) is 2.43. The van der Waals surface area contributed by atoms with E-state index in [9.17, 15) is 14.7 Å². The molecule has 19 heavy (non-hydrogen) atoms.